The minimum absolute atomic E-state index is 0.130. The number of carbonyl (C=O) groups is 1. The zero-order valence-electron chi connectivity index (χ0n) is 6.31. The van der Waals surface area contributed by atoms with Crippen LogP contribution < -0.4 is 5.43 Å². The van der Waals surface area contributed by atoms with Gasteiger partial charge in [0.25, 0.3) is 0 Å². The molecule has 4 heteroatoms. The van der Waals surface area contributed by atoms with E-state index < -0.39 is 0 Å². The maximum Gasteiger partial charge on any atom is 0.236 e. The van der Waals surface area contributed by atoms with E-state index in [1.807, 2.05) is 13.8 Å². The number of nitrogens with one attached hydrogen (secondary N) is 1. The first-order chi connectivity index (χ1) is 4.54. The molecule has 3 nitrogen and oxygen atoms in total. The molecule has 0 unspecified atom stereocenters. The molecule has 0 aliphatic heterocycles. The largest absolute Gasteiger partial charge is 0.274 e. The molecule has 0 aromatic rings. The number of nitrogens with zero attached hydrogens (tertiary/aromatic N) is 1. The Balaban J connectivity index is 3.80. The first-order valence-electron chi connectivity index (χ1n) is 3.03. The summed E-state index contributed by atoms with van der Waals surface area (Å²) in [6.45, 7) is 5.48. The lowest BCUT2D eigenvalue weighted by Gasteiger charge is -2.00. The smallest absolute Gasteiger partial charge is 0.236 e. The summed E-state index contributed by atoms with van der Waals surface area (Å²) >= 11 is 2.10. The Morgan fingerprint density at radius 2 is 2.10 bits per heavy atom. The third-order valence-electron chi connectivity index (χ3n) is 0.797. The summed E-state index contributed by atoms with van der Waals surface area (Å²) < 4.78 is 0.910. The van der Waals surface area contributed by atoms with Gasteiger partial charge in [-0.15, -0.1) is 0 Å². The van der Waals surface area contributed by atoms with E-state index >= 15 is 0 Å². The van der Waals surface area contributed by atoms with E-state index in [4.69, 9.17) is 0 Å². The first-order valence-corrected chi connectivity index (χ1v) is 4.11. The van der Waals surface area contributed by atoms with Crippen molar-refractivity contribution in [2.75, 3.05) is 0 Å². The van der Waals surface area contributed by atoms with E-state index in [9.17, 15) is 4.79 Å². The fourth-order valence-corrected chi connectivity index (χ4v) is 0.382. The standard InChI is InChI=1S/C6H11IN2O/c1-4(2)6(7)9-8-5(3)10/h4H,1-3H3,(H,8,10)/b9-6-. The molecule has 0 aromatic heterocycles. The topological polar surface area (TPSA) is 41.5 Å². The maximum atomic E-state index is 10.3. The van der Waals surface area contributed by atoms with Crippen molar-refractivity contribution >= 4 is 32.2 Å². The summed E-state index contributed by atoms with van der Waals surface area (Å²) in [7, 11) is 0. The van der Waals surface area contributed by atoms with Gasteiger partial charge in [0.1, 0.15) is 3.72 Å². The lowest BCUT2D eigenvalue weighted by Crippen LogP contribution is -2.15. The highest BCUT2D eigenvalue weighted by Crippen LogP contribution is 2.02. The predicted molar refractivity (Wildman–Crippen MR) is 50.1 cm³/mol. The summed E-state index contributed by atoms with van der Waals surface area (Å²) in [5.74, 6) is 0.252. The molecule has 0 bridgehead atoms. The second-order valence-electron chi connectivity index (χ2n) is 2.26. The molecule has 0 aliphatic carbocycles. The van der Waals surface area contributed by atoms with Gasteiger partial charge < -0.3 is 0 Å². The quantitative estimate of drug-likeness (QED) is 0.453. The van der Waals surface area contributed by atoms with Crippen LogP contribution in [0.15, 0.2) is 5.10 Å². The van der Waals surface area contributed by atoms with Crippen molar-refractivity contribution in [2.24, 2.45) is 11.0 Å². The lowest BCUT2D eigenvalue weighted by molar-refractivity contribution is -0.118. The number of carbonyl (C=O) groups excluding carboxylic acids is 1. The van der Waals surface area contributed by atoms with Crippen LogP contribution in [0.2, 0.25) is 0 Å². The average molecular weight is 254 g/mol. The highest BCUT2D eigenvalue weighted by atomic mass is 127. The lowest BCUT2D eigenvalue weighted by atomic mass is 10.3. The molecule has 0 spiro atoms. The molecule has 0 aliphatic rings. The van der Waals surface area contributed by atoms with Gasteiger partial charge in [0.2, 0.25) is 5.91 Å². The highest BCUT2D eigenvalue weighted by molar-refractivity contribution is 14.1. The van der Waals surface area contributed by atoms with Crippen LogP contribution in [0, 0.1) is 5.92 Å². The minimum Gasteiger partial charge on any atom is -0.274 e. The van der Waals surface area contributed by atoms with Gasteiger partial charge in [-0.25, -0.2) is 5.43 Å². The predicted octanol–water partition coefficient (Wildman–Crippen LogP) is 1.53. The van der Waals surface area contributed by atoms with Crippen molar-refractivity contribution < 1.29 is 4.79 Å². The number of hydrogen-bond donors (Lipinski definition) is 1. The highest BCUT2D eigenvalue weighted by Gasteiger charge is 1.98. The summed E-state index contributed by atoms with van der Waals surface area (Å²) in [6, 6.07) is 0. The molecule has 0 rings (SSSR count). The average Bonchev–Trinajstić information content (AvgIpc) is 1.82. The Morgan fingerprint density at radius 1 is 1.60 bits per heavy atom. The van der Waals surface area contributed by atoms with Crippen LogP contribution in [0.4, 0.5) is 0 Å². The summed E-state index contributed by atoms with van der Waals surface area (Å²) in [6.07, 6.45) is 0. The third-order valence-corrected chi connectivity index (χ3v) is 2.28. The molecular formula is C6H11IN2O. The second kappa shape index (κ2) is 4.65. The fraction of sp³-hybridized carbons (Fsp3) is 0.667. The Kier molecular flexibility index (Phi) is 4.59. The molecule has 0 aromatic carbocycles. The molecule has 0 radical (unpaired) electrons. The normalized spacial score (nSPS) is 11.9. The minimum atomic E-state index is -0.130. The molecule has 1 N–H and O–H groups in total. The Labute approximate surface area is 74.4 Å². The molecule has 0 fully saturated rings. The number of amides is 1. The Bertz CT molecular complexity index is 154. The molecule has 0 saturated carbocycles. The van der Waals surface area contributed by atoms with Gasteiger partial charge in [-0.3, -0.25) is 4.79 Å². The van der Waals surface area contributed by atoms with Crippen LogP contribution in [0.1, 0.15) is 20.8 Å². The molecular weight excluding hydrogens is 243 g/mol. The van der Waals surface area contributed by atoms with Gasteiger partial charge in [-0.05, 0) is 22.6 Å². The molecule has 0 saturated heterocycles. The number of rotatable bonds is 2. The number of hydrazone groups is 1. The van der Waals surface area contributed by atoms with Crippen LogP contribution in [0.3, 0.4) is 0 Å². The SMILES string of the molecule is CC(=O)N/N=C(\I)C(C)C. The van der Waals surface area contributed by atoms with Crippen molar-refractivity contribution in [3.8, 4) is 0 Å². The molecule has 0 atom stereocenters. The van der Waals surface area contributed by atoms with Crippen LogP contribution in [-0.4, -0.2) is 9.63 Å². The van der Waals surface area contributed by atoms with E-state index in [0.717, 1.165) is 3.72 Å². The van der Waals surface area contributed by atoms with Crippen LogP contribution in [0.25, 0.3) is 0 Å². The van der Waals surface area contributed by atoms with Crippen molar-refractivity contribution in [3.05, 3.63) is 0 Å². The third kappa shape index (κ3) is 4.72. The van der Waals surface area contributed by atoms with Crippen molar-refractivity contribution in [1.82, 2.24) is 5.43 Å². The van der Waals surface area contributed by atoms with Gasteiger partial charge in [0.05, 0.1) is 0 Å². The Morgan fingerprint density at radius 3 is 2.40 bits per heavy atom. The van der Waals surface area contributed by atoms with Crippen molar-refractivity contribution in [1.29, 1.82) is 0 Å². The monoisotopic (exact) mass is 254 g/mol. The van der Waals surface area contributed by atoms with E-state index in [2.05, 4.69) is 33.1 Å². The van der Waals surface area contributed by atoms with Gasteiger partial charge in [0.15, 0.2) is 0 Å². The van der Waals surface area contributed by atoms with Gasteiger partial charge >= 0.3 is 0 Å². The van der Waals surface area contributed by atoms with E-state index in [0.29, 0.717) is 5.92 Å². The van der Waals surface area contributed by atoms with Gasteiger partial charge in [-0.2, -0.15) is 5.10 Å². The zero-order chi connectivity index (χ0) is 8.15. The number of halogens is 1. The fourth-order valence-electron chi connectivity index (χ4n) is 0.261. The molecule has 58 valence electrons. The summed E-state index contributed by atoms with van der Waals surface area (Å²) in [5, 5.41) is 3.83. The van der Waals surface area contributed by atoms with E-state index in [-0.39, 0.29) is 5.91 Å². The zero-order valence-corrected chi connectivity index (χ0v) is 8.47. The molecule has 1 amide bonds. The second-order valence-corrected chi connectivity index (χ2v) is 3.36. The van der Waals surface area contributed by atoms with Crippen LogP contribution in [-0.2, 0) is 4.79 Å². The summed E-state index contributed by atoms with van der Waals surface area (Å²) in [5.41, 5.74) is 2.37. The first kappa shape index (κ1) is 9.87. The number of hydrogen-bond acceptors (Lipinski definition) is 2. The van der Waals surface area contributed by atoms with E-state index in [1.165, 1.54) is 6.92 Å². The molecule has 0 heterocycles. The van der Waals surface area contributed by atoms with Gasteiger partial charge in [-0.1, -0.05) is 13.8 Å². The van der Waals surface area contributed by atoms with Crippen LogP contribution >= 0.6 is 22.6 Å². The van der Waals surface area contributed by atoms with Crippen molar-refractivity contribution in [2.45, 2.75) is 20.8 Å². The maximum absolute atomic E-state index is 10.3. The van der Waals surface area contributed by atoms with E-state index in [1.54, 1.807) is 0 Å². The van der Waals surface area contributed by atoms with Gasteiger partial charge in [0, 0.05) is 12.8 Å². The Hall–Kier alpha value is -0.130. The molecule has 10 heavy (non-hydrogen) atoms. The van der Waals surface area contributed by atoms with Crippen LogP contribution in [0.5, 0.6) is 0 Å². The summed E-state index contributed by atoms with van der Waals surface area (Å²) in [4.78, 5) is 10.3. The van der Waals surface area contributed by atoms with Crippen molar-refractivity contribution in [3.63, 3.8) is 0 Å².